The first kappa shape index (κ1) is 17.4. The van der Waals surface area contributed by atoms with Gasteiger partial charge in [-0.05, 0) is 73.7 Å². The third-order valence-corrected chi connectivity index (χ3v) is 7.06. The molecule has 0 N–H and O–H groups in total. The number of hydrogen-bond donors (Lipinski definition) is 0. The van der Waals surface area contributed by atoms with E-state index in [1.54, 1.807) is 7.11 Å². The Balaban J connectivity index is 1.44. The zero-order chi connectivity index (χ0) is 18.4. The lowest BCUT2D eigenvalue weighted by molar-refractivity contribution is 0.208. The van der Waals surface area contributed by atoms with Gasteiger partial charge in [-0.1, -0.05) is 23.7 Å². The van der Waals surface area contributed by atoms with Crippen molar-refractivity contribution in [1.82, 2.24) is 4.90 Å². The van der Waals surface area contributed by atoms with Crippen LogP contribution < -0.4 is 9.64 Å². The molecule has 27 heavy (non-hydrogen) atoms. The van der Waals surface area contributed by atoms with Crippen molar-refractivity contribution in [3.63, 3.8) is 0 Å². The number of halogens is 1. The van der Waals surface area contributed by atoms with Gasteiger partial charge in [-0.25, -0.2) is 0 Å². The summed E-state index contributed by atoms with van der Waals surface area (Å²) in [5.74, 6) is 1.73. The predicted octanol–water partition coefficient (Wildman–Crippen LogP) is 4.94. The molecule has 3 heterocycles. The smallest absolute Gasteiger partial charge is 0.119 e. The number of methoxy groups -OCH3 is 1. The molecule has 3 aliphatic rings. The molecule has 0 saturated carbocycles. The Morgan fingerprint density at radius 1 is 1.07 bits per heavy atom. The van der Waals surface area contributed by atoms with Crippen LogP contribution in [-0.4, -0.2) is 37.7 Å². The van der Waals surface area contributed by atoms with Crippen molar-refractivity contribution in [3.8, 4) is 5.75 Å². The molecule has 5 rings (SSSR count). The van der Waals surface area contributed by atoms with Crippen molar-refractivity contribution >= 4 is 17.3 Å². The van der Waals surface area contributed by atoms with Crippen LogP contribution in [0, 0.1) is 5.92 Å². The number of benzene rings is 2. The average Bonchev–Trinajstić information content (AvgIpc) is 3.34. The quantitative estimate of drug-likeness (QED) is 0.745. The SMILES string of the molecule is COc1ccc2c(c1)[C@H]1[C@H](CCN1CCc1ccc(Cl)cc1)[C@H]1CCCN21. The number of hydrogen-bond acceptors (Lipinski definition) is 3. The van der Waals surface area contributed by atoms with Crippen LogP contribution in [0.25, 0.3) is 0 Å². The van der Waals surface area contributed by atoms with E-state index in [1.807, 2.05) is 12.1 Å². The predicted molar refractivity (Wildman–Crippen MR) is 111 cm³/mol. The molecule has 2 aromatic rings. The number of ether oxygens (including phenoxy) is 1. The van der Waals surface area contributed by atoms with Crippen LogP contribution in [0.1, 0.15) is 36.4 Å². The van der Waals surface area contributed by atoms with E-state index in [9.17, 15) is 0 Å². The Bertz CT molecular complexity index is 822. The van der Waals surface area contributed by atoms with E-state index in [0.717, 1.165) is 35.7 Å². The van der Waals surface area contributed by atoms with Gasteiger partial charge in [-0.3, -0.25) is 4.90 Å². The Labute approximate surface area is 166 Å². The molecule has 4 heteroatoms. The van der Waals surface area contributed by atoms with Crippen LogP contribution in [0.15, 0.2) is 42.5 Å². The molecule has 0 bridgehead atoms. The number of fused-ring (bicyclic) bond motifs is 6. The lowest BCUT2D eigenvalue weighted by Gasteiger charge is -2.44. The van der Waals surface area contributed by atoms with Gasteiger partial charge in [0.1, 0.15) is 5.75 Å². The van der Waals surface area contributed by atoms with Gasteiger partial charge in [0.2, 0.25) is 0 Å². The third kappa shape index (κ3) is 3.01. The van der Waals surface area contributed by atoms with E-state index < -0.39 is 0 Å². The second-order valence-electron chi connectivity index (χ2n) is 8.14. The standard InChI is InChI=1S/C23H27ClN2O/c1-27-18-8-9-22-20(15-18)23-19(21-3-2-12-26(21)22)11-14-25(23)13-10-16-4-6-17(24)7-5-16/h4-9,15,19,21,23H,2-3,10-14H2,1H3/t19-,21-,23-/m1/s1. The highest BCUT2D eigenvalue weighted by atomic mass is 35.5. The minimum absolute atomic E-state index is 0.529. The van der Waals surface area contributed by atoms with Gasteiger partial charge in [0.15, 0.2) is 0 Å². The third-order valence-electron chi connectivity index (χ3n) is 6.81. The van der Waals surface area contributed by atoms with E-state index in [1.165, 1.54) is 49.2 Å². The molecule has 0 radical (unpaired) electrons. The van der Waals surface area contributed by atoms with Gasteiger partial charge in [0, 0.05) is 41.8 Å². The summed E-state index contributed by atoms with van der Waals surface area (Å²) < 4.78 is 5.57. The Morgan fingerprint density at radius 3 is 2.74 bits per heavy atom. The Hall–Kier alpha value is -1.71. The van der Waals surface area contributed by atoms with Crippen molar-refractivity contribution in [1.29, 1.82) is 0 Å². The molecule has 2 saturated heterocycles. The average molecular weight is 383 g/mol. The van der Waals surface area contributed by atoms with E-state index in [0.29, 0.717) is 6.04 Å². The topological polar surface area (TPSA) is 15.7 Å². The van der Waals surface area contributed by atoms with Crippen LogP contribution in [0.4, 0.5) is 5.69 Å². The number of nitrogens with zero attached hydrogens (tertiary/aromatic N) is 2. The minimum Gasteiger partial charge on any atom is -0.497 e. The van der Waals surface area contributed by atoms with Gasteiger partial charge in [-0.2, -0.15) is 0 Å². The first-order chi connectivity index (χ1) is 13.2. The maximum atomic E-state index is 6.04. The van der Waals surface area contributed by atoms with Crippen LogP contribution in [0.3, 0.4) is 0 Å². The van der Waals surface area contributed by atoms with Gasteiger partial charge >= 0.3 is 0 Å². The number of likely N-dealkylation sites (tertiary alicyclic amines) is 1. The molecule has 0 unspecified atom stereocenters. The highest BCUT2D eigenvalue weighted by Gasteiger charge is 2.48. The fourth-order valence-electron chi connectivity index (χ4n) is 5.58. The van der Waals surface area contributed by atoms with Crippen LogP contribution >= 0.6 is 11.6 Å². The molecule has 0 aromatic heterocycles. The molecule has 0 amide bonds. The molecule has 2 aromatic carbocycles. The largest absolute Gasteiger partial charge is 0.497 e. The van der Waals surface area contributed by atoms with Gasteiger partial charge < -0.3 is 9.64 Å². The molecule has 3 atom stereocenters. The zero-order valence-corrected chi connectivity index (χ0v) is 16.7. The van der Waals surface area contributed by atoms with E-state index in [2.05, 4.69) is 40.1 Å². The summed E-state index contributed by atoms with van der Waals surface area (Å²) in [5.41, 5.74) is 4.29. The molecule has 2 fully saturated rings. The molecule has 3 aliphatic heterocycles. The molecule has 0 aliphatic carbocycles. The van der Waals surface area contributed by atoms with Crippen molar-refractivity contribution in [3.05, 3.63) is 58.6 Å². The first-order valence-corrected chi connectivity index (χ1v) is 10.6. The van der Waals surface area contributed by atoms with Crippen LogP contribution in [0.2, 0.25) is 5.02 Å². The van der Waals surface area contributed by atoms with Crippen LogP contribution in [-0.2, 0) is 6.42 Å². The molecule has 142 valence electrons. The molecule has 3 nitrogen and oxygen atoms in total. The summed E-state index contributed by atoms with van der Waals surface area (Å²) in [5, 5.41) is 0.814. The second kappa shape index (κ2) is 7.03. The monoisotopic (exact) mass is 382 g/mol. The zero-order valence-electron chi connectivity index (χ0n) is 15.9. The summed E-state index contributed by atoms with van der Waals surface area (Å²) >= 11 is 6.04. The van der Waals surface area contributed by atoms with E-state index in [-0.39, 0.29) is 0 Å². The second-order valence-corrected chi connectivity index (χ2v) is 8.57. The Morgan fingerprint density at radius 2 is 1.93 bits per heavy atom. The maximum Gasteiger partial charge on any atom is 0.119 e. The summed E-state index contributed by atoms with van der Waals surface area (Å²) in [6.07, 6.45) is 5.05. The fraction of sp³-hybridized carbons (Fsp3) is 0.478. The lowest BCUT2D eigenvalue weighted by Crippen LogP contribution is -2.44. The van der Waals surface area contributed by atoms with Gasteiger partial charge in [-0.15, -0.1) is 0 Å². The molecule has 0 spiro atoms. The van der Waals surface area contributed by atoms with Crippen LogP contribution in [0.5, 0.6) is 5.75 Å². The lowest BCUT2D eigenvalue weighted by atomic mass is 9.81. The maximum absolute atomic E-state index is 6.04. The first-order valence-electron chi connectivity index (χ1n) is 10.2. The number of anilines is 1. The van der Waals surface area contributed by atoms with E-state index >= 15 is 0 Å². The highest BCUT2D eigenvalue weighted by molar-refractivity contribution is 6.30. The van der Waals surface area contributed by atoms with Crippen molar-refractivity contribution in [2.75, 3.05) is 31.6 Å². The van der Waals surface area contributed by atoms with Crippen molar-refractivity contribution in [2.45, 2.75) is 37.8 Å². The van der Waals surface area contributed by atoms with Crippen molar-refractivity contribution in [2.24, 2.45) is 5.92 Å². The van der Waals surface area contributed by atoms with Crippen molar-refractivity contribution < 1.29 is 4.74 Å². The highest BCUT2D eigenvalue weighted by Crippen LogP contribution is 2.52. The van der Waals surface area contributed by atoms with Gasteiger partial charge in [0.25, 0.3) is 0 Å². The minimum atomic E-state index is 0.529. The summed E-state index contributed by atoms with van der Waals surface area (Å²) in [6.45, 7) is 3.51. The number of rotatable bonds is 4. The molecular formula is C23H27ClN2O. The summed E-state index contributed by atoms with van der Waals surface area (Å²) in [4.78, 5) is 5.39. The van der Waals surface area contributed by atoms with Gasteiger partial charge in [0.05, 0.1) is 7.11 Å². The Kier molecular flexibility index (Phi) is 4.53. The summed E-state index contributed by atoms with van der Waals surface area (Å²) in [7, 11) is 1.77. The summed E-state index contributed by atoms with van der Waals surface area (Å²) in [6, 6.07) is 16.3. The normalized spacial score (nSPS) is 26.6. The molecular weight excluding hydrogens is 356 g/mol. The van der Waals surface area contributed by atoms with E-state index in [4.69, 9.17) is 16.3 Å². The fourth-order valence-corrected chi connectivity index (χ4v) is 5.71.